The van der Waals surface area contributed by atoms with Gasteiger partial charge in [0.25, 0.3) is 5.91 Å². The molecule has 0 heterocycles. The topological polar surface area (TPSA) is 92.5 Å². The first-order valence-electron chi connectivity index (χ1n) is 6.38. The normalized spacial score (nSPS) is 10.0. The lowest BCUT2D eigenvalue weighted by atomic mass is 10.2. The molecule has 6 nitrogen and oxygen atoms in total. The molecule has 0 bridgehead atoms. The molecule has 0 aliphatic heterocycles. The zero-order chi connectivity index (χ0) is 17.0. The molecule has 0 aromatic heterocycles. The number of nitrogens with one attached hydrogen (secondary N) is 1. The van der Waals surface area contributed by atoms with Gasteiger partial charge in [0, 0.05) is 15.6 Å². The second-order valence-electron chi connectivity index (χ2n) is 4.49. The highest BCUT2D eigenvalue weighted by atomic mass is 79.9. The third-order valence-electron chi connectivity index (χ3n) is 2.90. The summed E-state index contributed by atoms with van der Waals surface area (Å²) in [6.45, 7) is 0. The number of benzene rings is 2. The van der Waals surface area contributed by atoms with Gasteiger partial charge in [0.2, 0.25) is 5.91 Å². The van der Waals surface area contributed by atoms with Crippen LogP contribution in [0.1, 0.15) is 20.7 Å². The lowest BCUT2D eigenvalue weighted by Gasteiger charge is -2.16. The number of halogens is 1. The molecular weight excluding hydrogens is 382 g/mol. The van der Waals surface area contributed by atoms with Crippen LogP contribution in [-0.4, -0.2) is 17.8 Å². The number of hydrogen-bond acceptors (Lipinski definition) is 4. The highest BCUT2D eigenvalue weighted by Gasteiger charge is 2.16. The maximum atomic E-state index is 12.0. The number of imide groups is 1. The van der Waals surface area contributed by atoms with Crippen molar-refractivity contribution in [3.8, 4) is 0 Å². The SMILES string of the molecule is NC(=O)c1ccc(N(S)C(=O)NC(=O)c2cccc(Br)c2)cc1. The fourth-order valence-electron chi connectivity index (χ4n) is 1.74. The van der Waals surface area contributed by atoms with Crippen molar-refractivity contribution in [1.82, 2.24) is 5.32 Å². The minimum absolute atomic E-state index is 0.307. The van der Waals surface area contributed by atoms with Crippen molar-refractivity contribution in [3.63, 3.8) is 0 Å². The minimum atomic E-state index is -0.717. The zero-order valence-corrected chi connectivity index (χ0v) is 14.2. The van der Waals surface area contributed by atoms with E-state index in [9.17, 15) is 14.4 Å². The summed E-state index contributed by atoms with van der Waals surface area (Å²) < 4.78 is 1.68. The number of rotatable bonds is 3. The Morgan fingerprint density at radius 2 is 1.70 bits per heavy atom. The third-order valence-corrected chi connectivity index (χ3v) is 3.80. The first-order valence-corrected chi connectivity index (χ1v) is 7.57. The van der Waals surface area contributed by atoms with Gasteiger partial charge in [-0.15, -0.1) is 0 Å². The number of hydrogen-bond donors (Lipinski definition) is 3. The largest absolute Gasteiger partial charge is 0.366 e. The summed E-state index contributed by atoms with van der Waals surface area (Å²) in [5, 5.41) is 2.22. The van der Waals surface area contributed by atoms with Gasteiger partial charge >= 0.3 is 6.03 Å². The van der Waals surface area contributed by atoms with Gasteiger partial charge in [-0.3, -0.25) is 14.9 Å². The molecule has 3 N–H and O–H groups in total. The monoisotopic (exact) mass is 393 g/mol. The van der Waals surface area contributed by atoms with Crippen molar-refractivity contribution in [2.45, 2.75) is 0 Å². The lowest BCUT2D eigenvalue weighted by Crippen LogP contribution is -2.38. The number of primary amides is 1. The molecule has 0 saturated carbocycles. The van der Waals surface area contributed by atoms with Crippen LogP contribution >= 0.6 is 28.7 Å². The first-order chi connectivity index (χ1) is 10.9. The number of anilines is 1. The predicted octanol–water partition coefficient (Wildman–Crippen LogP) is 2.75. The number of nitrogens with zero attached hydrogens (tertiary/aromatic N) is 1. The second kappa shape index (κ2) is 7.30. The van der Waals surface area contributed by atoms with E-state index in [1.54, 1.807) is 24.3 Å². The molecule has 4 amide bonds. The summed E-state index contributed by atoms with van der Waals surface area (Å²) in [6, 6.07) is 11.8. The van der Waals surface area contributed by atoms with E-state index in [1.807, 2.05) is 0 Å². The Kier molecular flexibility index (Phi) is 5.41. The van der Waals surface area contributed by atoms with Crippen molar-refractivity contribution < 1.29 is 14.4 Å². The van der Waals surface area contributed by atoms with Gasteiger partial charge in [0.15, 0.2) is 0 Å². The number of carbonyl (C=O) groups excluding carboxylic acids is 3. The van der Waals surface area contributed by atoms with Crippen molar-refractivity contribution in [2.75, 3.05) is 4.31 Å². The van der Waals surface area contributed by atoms with E-state index < -0.39 is 17.8 Å². The molecule has 0 fully saturated rings. The van der Waals surface area contributed by atoms with Crippen LogP contribution in [0.3, 0.4) is 0 Å². The van der Waals surface area contributed by atoms with Gasteiger partial charge in [-0.25, -0.2) is 9.10 Å². The molecule has 0 atom stereocenters. The average molecular weight is 394 g/mol. The molecule has 0 spiro atoms. The first kappa shape index (κ1) is 17.0. The molecule has 2 rings (SSSR count). The summed E-state index contributed by atoms with van der Waals surface area (Å²) >= 11 is 7.30. The van der Waals surface area contributed by atoms with Crippen LogP contribution in [0.25, 0.3) is 0 Å². The molecule has 0 radical (unpaired) electrons. The summed E-state index contributed by atoms with van der Waals surface area (Å²) in [4.78, 5) is 35.1. The smallest absolute Gasteiger partial charge is 0.338 e. The van der Waals surface area contributed by atoms with E-state index >= 15 is 0 Å². The Balaban J connectivity index is 2.07. The number of amides is 4. The second-order valence-corrected chi connectivity index (χ2v) is 5.81. The van der Waals surface area contributed by atoms with Gasteiger partial charge in [-0.2, -0.15) is 0 Å². The van der Waals surface area contributed by atoms with Crippen LogP contribution in [0.4, 0.5) is 10.5 Å². The molecule has 0 aliphatic carbocycles. The summed E-state index contributed by atoms with van der Waals surface area (Å²) in [7, 11) is 0. The summed E-state index contributed by atoms with van der Waals surface area (Å²) in [6.07, 6.45) is 0. The molecule has 2 aromatic rings. The fraction of sp³-hybridized carbons (Fsp3) is 0. The average Bonchev–Trinajstić information content (AvgIpc) is 2.54. The minimum Gasteiger partial charge on any atom is -0.366 e. The van der Waals surface area contributed by atoms with E-state index in [0.29, 0.717) is 16.8 Å². The molecule has 23 heavy (non-hydrogen) atoms. The molecule has 2 aromatic carbocycles. The van der Waals surface area contributed by atoms with E-state index in [0.717, 1.165) is 8.78 Å². The quantitative estimate of drug-likeness (QED) is 0.699. The Labute approximate surface area is 146 Å². The predicted molar refractivity (Wildman–Crippen MR) is 93.4 cm³/mol. The Morgan fingerprint density at radius 3 is 2.26 bits per heavy atom. The fourth-order valence-corrected chi connectivity index (χ4v) is 2.32. The van der Waals surface area contributed by atoms with E-state index in [2.05, 4.69) is 34.1 Å². The molecule has 0 saturated heterocycles. The van der Waals surface area contributed by atoms with Gasteiger partial charge < -0.3 is 5.73 Å². The van der Waals surface area contributed by atoms with E-state index in [4.69, 9.17) is 5.73 Å². The van der Waals surface area contributed by atoms with Crippen LogP contribution in [0.2, 0.25) is 0 Å². The maximum absolute atomic E-state index is 12.0. The van der Waals surface area contributed by atoms with Gasteiger partial charge in [-0.1, -0.05) is 34.8 Å². The van der Waals surface area contributed by atoms with E-state index in [-0.39, 0.29) is 0 Å². The zero-order valence-electron chi connectivity index (χ0n) is 11.7. The Bertz CT molecular complexity index is 765. The highest BCUT2D eigenvalue weighted by molar-refractivity contribution is 9.10. The van der Waals surface area contributed by atoms with Crippen molar-refractivity contribution >= 4 is 52.3 Å². The van der Waals surface area contributed by atoms with Gasteiger partial charge in [0.1, 0.15) is 0 Å². The van der Waals surface area contributed by atoms with Crippen molar-refractivity contribution in [3.05, 3.63) is 64.1 Å². The molecule has 118 valence electrons. The third kappa shape index (κ3) is 4.33. The van der Waals surface area contributed by atoms with Crippen LogP contribution < -0.4 is 15.4 Å². The highest BCUT2D eigenvalue weighted by Crippen LogP contribution is 2.17. The number of urea groups is 1. The van der Waals surface area contributed by atoms with E-state index in [1.165, 1.54) is 24.3 Å². The Morgan fingerprint density at radius 1 is 1.04 bits per heavy atom. The molecular formula is C15H12BrN3O3S. The molecule has 0 aliphatic rings. The molecule has 0 unspecified atom stereocenters. The van der Waals surface area contributed by atoms with Crippen LogP contribution in [-0.2, 0) is 0 Å². The lowest BCUT2D eigenvalue weighted by molar-refractivity contribution is 0.0964. The van der Waals surface area contributed by atoms with Gasteiger partial charge in [0.05, 0.1) is 5.69 Å². The van der Waals surface area contributed by atoms with Crippen molar-refractivity contribution in [2.24, 2.45) is 5.73 Å². The standard InChI is InChI=1S/C15H12BrN3O3S/c16-11-3-1-2-10(8-11)14(21)18-15(22)19(23)12-6-4-9(5-7-12)13(17)20/h1-8,23H,(H2,17,20)(H,18,21,22). The molecule has 8 heteroatoms. The summed E-state index contributed by atoms with van der Waals surface area (Å²) in [5.74, 6) is -1.12. The van der Waals surface area contributed by atoms with Crippen molar-refractivity contribution in [1.29, 1.82) is 0 Å². The van der Waals surface area contributed by atoms with Crippen LogP contribution in [0.5, 0.6) is 0 Å². The van der Waals surface area contributed by atoms with Gasteiger partial charge in [-0.05, 0) is 42.5 Å². The maximum Gasteiger partial charge on any atom is 0.338 e. The number of nitrogens with two attached hydrogens (primary N) is 1. The van der Waals surface area contributed by atoms with Crippen LogP contribution in [0.15, 0.2) is 53.0 Å². The number of carbonyl (C=O) groups is 3. The summed E-state index contributed by atoms with van der Waals surface area (Å²) in [5.41, 5.74) is 6.17. The number of thiol groups is 1. The Hall–Kier alpha value is -2.32. The van der Waals surface area contributed by atoms with Crippen LogP contribution in [0, 0.1) is 0 Å².